The van der Waals surface area contributed by atoms with Crippen LogP contribution in [0.25, 0.3) is 0 Å². The van der Waals surface area contributed by atoms with E-state index in [0.29, 0.717) is 5.56 Å². The highest BCUT2D eigenvalue weighted by Crippen LogP contribution is 2.28. The lowest BCUT2D eigenvalue weighted by Crippen LogP contribution is -2.35. The lowest BCUT2D eigenvalue weighted by Gasteiger charge is -2.26. The van der Waals surface area contributed by atoms with Crippen LogP contribution in [-0.4, -0.2) is 37.8 Å². The molecule has 2 aromatic rings. The van der Waals surface area contributed by atoms with E-state index in [9.17, 15) is 23.4 Å². The molecule has 0 saturated carbocycles. The van der Waals surface area contributed by atoms with Gasteiger partial charge in [0.2, 0.25) is 0 Å². The van der Waals surface area contributed by atoms with Crippen molar-refractivity contribution in [1.29, 1.82) is 0 Å². The normalized spacial score (nSPS) is 11.3. The van der Waals surface area contributed by atoms with E-state index in [2.05, 4.69) is 0 Å². The van der Waals surface area contributed by atoms with Crippen LogP contribution in [0.1, 0.15) is 21.5 Å². The third-order valence-corrected chi connectivity index (χ3v) is 5.58. The van der Waals surface area contributed by atoms with Crippen LogP contribution in [0, 0.1) is 13.8 Å². The van der Waals surface area contributed by atoms with Crippen molar-refractivity contribution in [3.05, 3.63) is 59.2 Å². The van der Waals surface area contributed by atoms with Gasteiger partial charge in [0.1, 0.15) is 0 Å². The summed E-state index contributed by atoms with van der Waals surface area (Å²) in [6.07, 6.45) is 0. The summed E-state index contributed by atoms with van der Waals surface area (Å²) in [7, 11) is -4.01. The van der Waals surface area contributed by atoms with Gasteiger partial charge in [0.05, 0.1) is 29.3 Å². The number of aliphatic hydroxyl groups is 1. The highest BCUT2D eigenvalue weighted by molar-refractivity contribution is 7.92. The molecule has 0 aromatic heterocycles. The van der Waals surface area contributed by atoms with Gasteiger partial charge in [-0.1, -0.05) is 29.8 Å². The first-order valence-corrected chi connectivity index (χ1v) is 8.76. The summed E-state index contributed by atoms with van der Waals surface area (Å²) < 4.78 is 27.0. The summed E-state index contributed by atoms with van der Waals surface area (Å²) in [6.45, 7) is 2.87. The number of aromatic carboxylic acids is 1. The zero-order chi connectivity index (χ0) is 17.9. The Bertz CT molecular complexity index is 861. The second-order valence-electron chi connectivity index (χ2n) is 5.39. The number of hydrogen-bond donors (Lipinski definition) is 2. The van der Waals surface area contributed by atoms with E-state index in [1.54, 1.807) is 25.1 Å². The largest absolute Gasteiger partial charge is 0.478 e. The van der Waals surface area contributed by atoms with E-state index in [-0.39, 0.29) is 22.7 Å². The van der Waals surface area contributed by atoms with Crippen molar-refractivity contribution < 1.29 is 23.4 Å². The molecule has 2 rings (SSSR count). The number of para-hydroxylation sites is 1. The molecule has 2 aromatic carbocycles. The molecule has 0 spiro atoms. The molecule has 0 aliphatic rings. The number of benzene rings is 2. The minimum atomic E-state index is -4.01. The summed E-state index contributed by atoms with van der Waals surface area (Å²) in [5, 5.41) is 18.6. The lowest BCUT2D eigenvalue weighted by atomic mass is 10.2. The Kier molecular flexibility index (Phi) is 5.26. The maximum Gasteiger partial charge on any atom is 0.337 e. The van der Waals surface area contributed by atoms with E-state index in [1.807, 2.05) is 6.92 Å². The standard InChI is InChI=1S/C17H19NO5S/c1-12-7-8-16(13(2)11-12)24(22,23)18(9-10-19)15-6-4-3-5-14(15)17(20)21/h3-8,11,19H,9-10H2,1-2H3,(H,20,21). The molecule has 0 bridgehead atoms. The minimum absolute atomic E-state index is 0.0269. The first kappa shape index (κ1) is 18.0. The Hall–Kier alpha value is -2.38. The third kappa shape index (κ3) is 3.42. The van der Waals surface area contributed by atoms with E-state index in [1.165, 1.54) is 24.3 Å². The van der Waals surface area contributed by atoms with Crippen LogP contribution >= 0.6 is 0 Å². The Balaban J connectivity index is 2.65. The van der Waals surface area contributed by atoms with Gasteiger partial charge in [-0.25, -0.2) is 13.2 Å². The van der Waals surface area contributed by atoms with Gasteiger partial charge < -0.3 is 10.2 Å². The zero-order valence-electron chi connectivity index (χ0n) is 13.4. The van der Waals surface area contributed by atoms with Gasteiger partial charge in [0.25, 0.3) is 10.0 Å². The summed E-state index contributed by atoms with van der Waals surface area (Å²) >= 11 is 0. The molecule has 128 valence electrons. The molecule has 0 amide bonds. The number of carboxylic acids is 1. The van der Waals surface area contributed by atoms with Gasteiger partial charge in [0, 0.05) is 0 Å². The first-order valence-electron chi connectivity index (χ1n) is 7.32. The number of aryl methyl sites for hydroxylation is 2. The van der Waals surface area contributed by atoms with E-state index in [4.69, 9.17) is 0 Å². The lowest BCUT2D eigenvalue weighted by molar-refractivity contribution is 0.0697. The molecule has 0 atom stereocenters. The number of aliphatic hydroxyl groups excluding tert-OH is 1. The number of anilines is 1. The molecule has 0 aliphatic carbocycles. The van der Waals surface area contributed by atoms with Gasteiger partial charge in [0.15, 0.2) is 0 Å². The third-order valence-electron chi connectivity index (χ3n) is 3.60. The van der Waals surface area contributed by atoms with Crippen molar-refractivity contribution in [2.75, 3.05) is 17.5 Å². The Labute approximate surface area is 141 Å². The van der Waals surface area contributed by atoms with E-state index < -0.39 is 22.6 Å². The van der Waals surface area contributed by atoms with Crippen LogP contribution in [0.5, 0.6) is 0 Å². The Morgan fingerprint density at radius 2 is 1.79 bits per heavy atom. The molecule has 0 radical (unpaired) electrons. The van der Waals surface area contributed by atoms with Crippen LogP contribution in [-0.2, 0) is 10.0 Å². The number of carboxylic acid groups (broad SMARTS) is 1. The van der Waals surface area contributed by atoms with E-state index in [0.717, 1.165) is 9.87 Å². The smallest absolute Gasteiger partial charge is 0.337 e. The second kappa shape index (κ2) is 7.02. The number of nitrogens with zero attached hydrogens (tertiary/aromatic N) is 1. The van der Waals surface area contributed by atoms with Crippen LogP contribution in [0.15, 0.2) is 47.4 Å². The predicted octanol–water partition coefficient (Wildman–Crippen LogP) is 2.19. The molecule has 0 saturated heterocycles. The SMILES string of the molecule is Cc1ccc(S(=O)(=O)N(CCO)c2ccccc2C(=O)O)c(C)c1. The van der Waals surface area contributed by atoms with Gasteiger partial charge in [-0.3, -0.25) is 4.31 Å². The fourth-order valence-electron chi connectivity index (χ4n) is 2.54. The molecule has 24 heavy (non-hydrogen) atoms. The van der Waals surface area contributed by atoms with Crippen LogP contribution in [0.2, 0.25) is 0 Å². The molecular weight excluding hydrogens is 330 g/mol. The highest BCUT2D eigenvalue weighted by atomic mass is 32.2. The summed E-state index contributed by atoms with van der Waals surface area (Å²) in [6, 6.07) is 10.7. The average molecular weight is 349 g/mol. The van der Waals surface area contributed by atoms with Crippen molar-refractivity contribution in [1.82, 2.24) is 0 Å². The topological polar surface area (TPSA) is 94.9 Å². The number of rotatable bonds is 6. The van der Waals surface area contributed by atoms with Crippen molar-refractivity contribution in [2.24, 2.45) is 0 Å². The van der Waals surface area contributed by atoms with Gasteiger partial charge >= 0.3 is 5.97 Å². The quantitative estimate of drug-likeness (QED) is 0.833. The minimum Gasteiger partial charge on any atom is -0.478 e. The highest BCUT2D eigenvalue weighted by Gasteiger charge is 2.29. The summed E-state index contributed by atoms with van der Waals surface area (Å²) in [4.78, 5) is 11.5. The summed E-state index contributed by atoms with van der Waals surface area (Å²) in [5.74, 6) is -1.23. The molecular formula is C17H19NO5S. The van der Waals surface area contributed by atoms with Crippen molar-refractivity contribution in [2.45, 2.75) is 18.7 Å². The molecule has 0 heterocycles. The monoisotopic (exact) mass is 349 g/mol. The first-order chi connectivity index (χ1) is 11.3. The van der Waals surface area contributed by atoms with Crippen LogP contribution in [0.3, 0.4) is 0 Å². The Morgan fingerprint density at radius 3 is 2.38 bits per heavy atom. The average Bonchev–Trinajstić information content (AvgIpc) is 2.52. The van der Waals surface area contributed by atoms with Crippen molar-refractivity contribution in [3.63, 3.8) is 0 Å². The van der Waals surface area contributed by atoms with Crippen molar-refractivity contribution in [3.8, 4) is 0 Å². The number of sulfonamides is 1. The predicted molar refractivity (Wildman–Crippen MR) is 90.9 cm³/mol. The van der Waals surface area contributed by atoms with Crippen LogP contribution < -0.4 is 4.31 Å². The van der Waals surface area contributed by atoms with Crippen molar-refractivity contribution >= 4 is 21.7 Å². The molecule has 6 nitrogen and oxygen atoms in total. The molecule has 0 unspecified atom stereocenters. The molecule has 0 fully saturated rings. The zero-order valence-corrected chi connectivity index (χ0v) is 14.2. The molecule has 7 heteroatoms. The Morgan fingerprint density at radius 1 is 1.12 bits per heavy atom. The fourth-order valence-corrected chi connectivity index (χ4v) is 4.22. The fraction of sp³-hybridized carbons (Fsp3) is 0.235. The molecule has 0 aliphatic heterocycles. The number of carbonyl (C=O) groups is 1. The summed E-state index contributed by atoms with van der Waals surface area (Å²) in [5.41, 5.74) is 1.37. The van der Waals surface area contributed by atoms with Crippen LogP contribution in [0.4, 0.5) is 5.69 Å². The maximum absolute atomic E-state index is 13.1. The maximum atomic E-state index is 13.1. The van der Waals surface area contributed by atoms with Gasteiger partial charge in [-0.2, -0.15) is 0 Å². The second-order valence-corrected chi connectivity index (χ2v) is 7.22. The van der Waals surface area contributed by atoms with E-state index >= 15 is 0 Å². The number of hydrogen-bond acceptors (Lipinski definition) is 4. The van der Waals surface area contributed by atoms with Gasteiger partial charge in [-0.05, 0) is 37.6 Å². The molecule has 2 N–H and O–H groups in total. The van der Waals surface area contributed by atoms with Gasteiger partial charge in [-0.15, -0.1) is 0 Å².